The standard InChI is InChI=1S/C20H27N3OS/c1-14(19(24)21-16-8-2-3-9-16)23-12-6-7-15(13-23)20-22-17-10-4-5-11-18(17)25-20/h4-5,10-11,14-16H,2-3,6-9,12-13H2,1H3,(H,21,24)/t14-,15-/m0/s1. The van der Waals surface area contributed by atoms with Crippen LogP contribution in [0.25, 0.3) is 10.2 Å². The predicted octanol–water partition coefficient (Wildman–Crippen LogP) is 3.92. The lowest BCUT2D eigenvalue weighted by Gasteiger charge is -2.35. The predicted molar refractivity (Wildman–Crippen MR) is 103 cm³/mol. The van der Waals surface area contributed by atoms with E-state index in [1.165, 1.54) is 29.0 Å². The van der Waals surface area contributed by atoms with Crippen molar-refractivity contribution >= 4 is 27.5 Å². The van der Waals surface area contributed by atoms with E-state index in [0.717, 1.165) is 37.9 Å². The fourth-order valence-corrected chi connectivity index (χ4v) is 5.28. The Morgan fingerprint density at radius 3 is 2.84 bits per heavy atom. The van der Waals surface area contributed by atoms with Crippen LogP contribution in [-0.4, -0.2) is 41.0 Å². The molecule has 1 aliphatic heterocycles. The normalized spacial score (nSPS) is 23.8. The second kappa shape index (κ2) is 7.42. The van der Waals surface area contributed by atoms with Crippen LogP contribution in [0, 0.1) is 0 Å². The zero-order chi connectivity index (χ0) is 17.2. The summed E-state index contributed by atoms with van der Waals surface area (Å²) in [6.07, 6.45) is 7.11. The van der Waals surface area contributed by atoms with Gasteiger partial charge in [-0.25, -0.2) is 4.98 Å². The maximum Gasteiger partial charge on any atom is 0.237 e. The van der Waals surface area contributed by atoms with Crippen molar-refractivity contribution in [3.8, 4) is 0 Å². The number of hydrogen-bond acceptors (Lipinski definition) is 4. The molecule has 2 atom stereocenters. The van der Waals surface area contributed by atoms with Crippen molar-refractivity contribution in [2.75, 3.05) is 13.1 Å². The lowest BCUT2D eigenvalue weighted by Crippen LogP contribution is -2.50. The number of fused-ring (bicyclic) bond motifs is 1. The molecule has 1 aliphatic carbocycles. The third-order valence-electron chi connectivity index (χ3n) is 5.74. The van der Waals surface area contributed by atoms with E-state index in [9.17, 15) is 4.79 Å². The SMILES string of the molecule is C[C@@H](C(=O)NC1CCCC1)N1CCC[C@H](c2nc3ccccc3s2)C1. The summed E-state index contributed by atoms with van der Waals surface area (Å²) in [5.74, 6) is 0.657. The molecule has 1 saturated heterocycles. The van der Waals surface area contributed by atoms with E-state index < -0.39 is 0 Å². The molecular formula is C20H27N3OS. The van der Waals surface area contributed by atoms with Crippen LogP contribution in [0.15, 0.2) is 24.3 Å². The number of likely N-dealkylation sites (tertiary alicyclic amines) is 1. The van der Waals surface area contributed by atoms with Crippen molar-refractivity contribution in [1.29, 1.82) is 0 Å². The van der Waals surface area contributed by atoms with Crippen LogP contribution in [-0.2, 0) is 4.79 Å². The molecule has 0 bridgehead atoms. The molecule has 1 aromatic carbocycles. The zero-order valence-electron chi connectivity index (χ0n) is 14.9. The first-order valence-electron chi connectivity index (χ1n) is 9.60. The van der Waals surface area contributed by atoms with E-state index in [1.807, 2.05) is 11.3 Å². The number of benzene rings is 1. The van der Waals surface area contributed by atoms with Gasteiger partial charge in [-0.3, -0.25) is 9.69 Å². The zero-order valence-corrected chi connectivity index (χ0v) is 15.7. The van der Waals surface area contributed by atoms with E-state index in [0.29, 0.717) is 12.0 Å². The third kappa shape index (κ3) is 3.72. The first-order valence-corrected chi connectivity index (χ1v) is 10.4. The highest BCUT2D eigenvalue weighted by Crippen LogP contribution is 2.33. The molecule has 1 saturated carbocycles. The van der Waals surface area contributed by atoms with Crippen molar-refractivity contribution in [3.63, 3.8) is 0 Å². The Balaban J connectivity index is 1.42. The number of piperidine rings is 1. The van der Waals surface area contributed by atoms with Gasteiger partial charge in [-0.05, 0) is 51.3 Å². The largest absolute Gasteiger partial charge is 0.352 e. The van der Waals surface area contributed by atoms with Gasteiger partial charge in [0.15, 0.2) is 0 Å². The molecule has 1 aromatic heterocycles. The molecular weight excluding hydrogens is 330 g/mol. The number of amides is 1. The number of carbonyl (C=O) groups excluding carboxylic acids is 1. The Kier molecular flexibility index (Phi) is 5.04. The van der Waals surface area contributed by atoms with Crippen molar-refractivity contribution in [2.24, 2.45) is 0 Å². The number of aromatic nitrogens is 1. The molecule has 5 heteroatoms. The van der Waals surface area contributed by atoms with Crippen molar-refractivity contribution in [2.45, 2.75) is 63.5 Å². The maximum atomic E-state index is 12.6. The van der Waals surface area contributed by atoms with Crippen LogP contribution in [0.4, 0.5) is 0 Å². The van der Waals surface area contributed by atoms with Gasteiger partial charge in [-0.1, -0.05) is 25.0 Å². The van der Waals surface area contributed by atoms with Crippen molar-refractivity contribution < 1.29 is 4.79 Å². The number of para-hydroxylation sites is 1. The quantitative estimate of drug-likeness (QED) is 0.902. The van der Waals surface area contributed by atoms with Crippen LogP contribution in [0.5, 0.6) is 0 Å². The fourth-order valence-electron chi connectivity index (χ4n) is 4.18. The average molecular weight is 358 g/mol. The second-order valence-corrected chi connectivity index (χ2v) is 8.58. The average Bonchev–Trinajstić information content (AvgIpc) is 3.30. The Labute approximate surface area is 153 Å². The van der Waals surface area contributed by atoms with E-state index in [1.54, 1.807) is 0 Å². The molecule has 4 rings (SSSR count). The summed E-state index contributed by atoms with van der Waals surface area (Å²) < 4.78 is 1.27. The number of hydrogen-bond donors (Lipinski definition) is 1. The summed E-state index contributed by atoms with van der Waals surface area (Å²) in [6, 6.07) is 8.72. The molecule has 2 aromatic rings. The molecule has 0 unspecified atom stereocenters. The van der Waals surface area contributed by atoms with Crippen molar-refractivity contribution in [1.82, 2.24) is 15.2 Å². The Bertz CT molecular complexity index is 704. The van der Waals surface area contributed by atoms with Gasteiger partial charge in [0.2, 0.25) is 5.91 Å². The van der Waals surface area contributed by atoms with Gasteiger partial charge in [0.25, 0.3) is 0 Å². The number of nitrogens with one attached hydrogen (secondary N) is 1. The Hall–Kier alpha value is -1.46. The van der Waals surface area contributed by atoms with E-state index in [2.05, 4.69) is 41.4 Å². The summed E-state index contributed by atoms with van der Waals surface area (Å²) in [7, 11) is 0. The maximum absolute atomic E-state index is 12.6. The Morgan fingerprint density at radius 2 is 2.04 bits per heavy atom. The minimum atomic E-state index is -0.0437. The molecule has 25 heavy (non-hydrogen) atoms. The van der Waals surface area contributed by atoms with E-state index in [-0.39, 0.29) is 11.9 Å². The minimum absolute atomic E-state index is 0.0437. The second-order valence-electron chi connectivity index (χ2n) is 7.52. The molecule has 4 nitrogen and oxygen atoms in total. The van der Waals surface area contributed by atoms with Crippen LogP contribution in [0.2, 0.25) is 0 Å². The number of thiazole rings is 1. The highest BCUT2D eigenvalue weighted by atomic mass is 32.1. The minimum Gasteiger partial charge on any atom is -0.352 e. The number of rotatable bonds is 4. The Morgan fingerprint density at radius 1 is 1.24 bits per heavy atom. The highest BCUT2D eigenvalue weighted by Gasteiger charge is 2.30. The summed E-state index contributed by atoms with van der Waals surface area (Å²) in [4.78, 5) is 19.8. The molecule has 1 amide bonds. The van der Waals surface area contributed by atoms with E-state index >= 15 is 0 Å². The van der Waals surface area contributed by atoms with Gasteiger partial charge in [0, 0.05) is 18.5 Å². The van der Waals surface area contributed by atoms with Crippen LogP contribution >= 0.6 is 11.3 Å². The van der Waals surface area contributed by atoms with Crippen LogP contribution < -0.4 is 5.32 Å². The number of nitrogens with zero attached hydrogens (tertiary/aromatic N) is 2. The molecule has 134 valence electrons. The first-order chi connectivity index (χ1) is 12.2. The summed E-state index contributed by atoms with van der Waals surface area (Å²) in [6.45, 7) is 4.02. The van der Waals surface area contributed by atoms with E-state index in [4.69, 9.17) is 4.98 Å². The molecule has 0 spiro atoms. The summed E-state index contributed by atoms with van der Waals surface area (Å²) in [5, 5.41) is 4.49. The van der Waals surface area contributed by atoms with Crippen molar-refractivity contribution in [3.05, 3.63) is 29.3 Å². The van der Waals surface area contributed by atoms with Gasteiger partial charge >= 0.3 is 0 Å². The summed E-state index contributed by atoms with van der Waals surface area (Å²) >= 11 is 1.81. The lowest BCUT2D eigenvalue weighted by molar-refractivity contribution is -0.127. The molecule has 1 N–H and O–H groups in total. The molecule has 0 radical (unpaired) electrons. The van der Waals surface area contributed by atoms with Gasteiger partial charge < -0.3 is 5.32 Å². The lowest BCUT2D eigenvalue weighted by atomic mass is 9.97. The smallest absolute Gasteiger partial charge is 0.237 e. The highest BCUT2D eigenvalue weighted by molar-refractivity contribution is 7.18. The third-order valence-corrected chi connectivity index (χ3v) is 6.94. The first kappa shape index (κ1) is 17.0. The van der Waals surface area contributed by atoms with Crippen LogP contribution in [0.3, 0.4) is 0 Å². The molecule has 2 fully saturated rings. The fraction of sp³-hybridized carbons (Fsp3) is 0.600. The van der Waals surface area contributed by atoms with Gasteiger partial charge in [0.1, 0.15) is 0 Å². The van der Waals surface area contributed by atoms with Gasteiger partial charge in [-0.2, -0.15) is 0 Å². The topological polar surface area (TPSA) is 45.2 Å². The summed E-state index contributed by atoms with van der Waals surface area (Å²) in [5.41, 5.74) is 1.10. The molecule has 2 aliphatic rings. The van der Waals surface area contributed by atoms with Gasteiger partial charge in [0.05, 0.1) is 21.3 Å². The molecule has 2 heterocycles. The monoisotopic (exact) mass is 357 g/mol. The number of carbonyl (C=O) groups is 1. The van der Waals surface area contributed by atoms with Gasteiger partial charge in [-0.15, -0.1) is 11.3 Å². The van der Waals surface area contributed by atoms with Crippen LogP contribution in [0.1, 0.15) is 56.4 Å².